The molecule has 152 valence electrons. The highest BCUT2D eigenvalue weighted by molar-refractivity contribution is 14.0. The van der Waals surface area contributed by atoms with Gasteiger partial charge < -0.3 is 20.3 Å². The molecule has 0 bridgehead atoms. The average Bonchev–Trinajstić information content (AvgIpc) is 3.51. The summed E-state index contributed by atoms with van der Waals surface area (Å²) in [7, 11) is 3.57. The number of nitrogens with one attached hydrogen (secondary N) is 2. The molecular formula is C21H35IN4O. The monoisotopic (exact) mass is 486 g/mol. The minimum Gasteiger partial charge on any atom is -0.497 e. The molecule has 2 aliphatic rings. The summed E-state index contributed by atoms with van der Waals surface area (Å²) in [5.41, 5.74) is 1.25. The third-order valence-corrected chi connectivity index (χ3v) is 5.71. The predicted octanol–water partition coefficient (Wildman–Crippen LogP) is 3.38. The van der Waals surface area contributed by atoms with Gasteiger partial charge in [-0.2, -0.15) is 0 Å². The maximum Gasteiger partial charge on any atom is 0.191 e. The van der Waals surface area contributed by atoms with E-state index in [1.165, 1.54) is 44.3 Å². The fraction of sp³-hybridized carbons (Fsp3) is 0.667. The number of likely N-dealkylation sites (tertiary alicyclic amines) is 1. The molecule has 0 radical (unpaired) electrons. The van der Waals surface area contributed by atoms with Crippen molar-refractivity contribution in [1.82, 2.24) is 15.5 Å². The zero-order valence-corrected chi connectivity index (χ0v) is 19.5. The molecular weight excluding hydrogens is 451 g/mol. The van der Waals surface area contributed by atoms with Crippen LogP contribution in [0.3, 0.4) is 0 Å². The number of rotatable bonds is 6. The van der Waals surface area contributed by atoms with E-state index in [1.54, 1.807) is 7.11 Å². The minimum atomic E-state index is -0.0124. The number of ether oxygens (including phenoxy) is 1. The van der Waals surface area contributed by atoms with Crippen LogP contribution in [0.5, 0.6) is 5.75 Å². The highest BCUT2D eigenvalue weighted by Gasteiger charge is 2.32. The summed E-state index contributed by atoms with van der Waals surface area (Å²) in [6.07, 6.45) is 5.22. The first-order valence-corrected chi connectivity index (χ1v) is 9.87. The topological polar surface area (TPSA) is 48.9 Å². The second kappa shape index (κ2) is 9.96. The number of hydrogen-bond acceptors (Lipinski definition) is 3. The molecule has 5 nitrogen and oxygen atoms in total. The molecule has 2 fully saturated rings. The Balaban J connectivity index is 0.00000261. The number of guanidine groups is 1. The molecule has 0 amide bonds. The molecule has 1 saturated carbocycles. The summed E-state index contributed by atoms with van der Waals surface area (Å²) < 4.78 is 5.37. The Labute approximate surface area is 181 Å². The number of halogens is 1. The summed E-state index contributed by atoms with van der Waals surface area (Å²) >= 11 is 0. The first kappa shape index (κ1) is 22.3. The molecule has 0 atom stereocenters. The van der Waals surface area contributed by atoms with E-state index in [0.717, 1.165) is 24.3 Å². The van der Waals surface area contributed by atoms with Gasteiger partial charge in [0.1, 0.15) is 5.75 Å². The summed E-state index contributed by atoms with van der Waals surface area (Å²) in [6, 6.07) is 9.73. The number of nitrogens with zero attached hydrogens (tertiary/aromatic N) is 2. The van der Waals surface area contributed by atoms with Gasteiger partial charge in [0.05, 0.1) is 7.11 Å². The normalized spacial score (nSPS) is 19.3. The van der Waals surface area contributed by atoms with Crippen LogP contribution >= 0.6 is 24.0 Å². The quantitative estimate of drug-likeness (QED) is 0.368. The fourth-order valence-electron chi connectivity index (χ4n) is 3.69. The van der Waals surface area contributed by atoms with Crippen molar-refractivity contribution in [3.05, 3.63) is 29.8 Å². The van der Waals surface area contributed by atoms with E-state index in [1.807, 2.05) is 13.1 Å². The lowest BCUT2D eigenvalue weighted by atomic mass is 9.84. The van der Waals surface area contributed by atoms with E-state index >= 15 is 0 Å². The van der Waals surface area contributed by atoms with Gasteiger partial charge in [0.15, 0.2) is 5.96 Å². The number of piperidine rings is 1. The van der Waals surface area contributed by atoms with E-state index in [0.29, 0.717) is 6.04 Å². The van der Waals surface area contributed by atoms with Crippen molar-refractivity contribution in [2.24, 2.45) is 4.99 Å². The Kier molecular flexibility index (Phi) is 8.21. The Morgan fingerprint density at radius 2 is 1.93 bits per heavy atom. The second-order valence-corrected chi connectivity index (χ2v) is 8.23. The van der Waals surface area contributed by atoms with Crippen LogP contribution < -0.4 is 15.4 Å². The lowest BCUT2D eigenvalue weighted by molar-refractivity contribution is 0.197. The van der Waals surface area contributed by atoms with E-state index < -0.39 is 0 Å². The standard InChI is InChI=1S/C21H34N4O.HI/c1-21(2,16-6-5-7-19(14-16)26-4)15-23-20(22-3)24-17-10-12-25(13-11-17)18-8-9-18;/h5-7,14,17-18H,8-13,15H2,1-4H3,(H2,22,23,24);1H. The molecule has 0 unspecified atom stereocenters. The van der Waals surface area contributed by atoms with Gasteiger partial charge in [-0.15, -0.1) is 24.0 Å². The molecule has 1 heterocycles. The first-order chi connectivity index (χ1) is 12.5. The molecule has 1 aromatic rings. The van der Waals surface area contributed by atoms with Gasteiger partial charge in [-0.1, -0.05) is 26.0 Å². The number of methoxy groups -OCH3 is 1. The lowest BCUT2D eigenvalue weighted by Gasteiger charge is -2.34. The zero-order chi connectivity index (χ0) is 18.6. The van der Waals surface area contributed by atoms with Crippen LogP contribution in [0.25, 0.3) is 0 Å². The van der Waals surface area contributed by atoms with Crippen LogP contribution in [-0.2, 0) is 5.41 Å². The predicted molar refractivity (Wildman–Crippen MR) is 124 cm³/mol. The van der Waals surface area contributed by atoms with E-state index in [-0.39, 0.29) is 29.4 Å². The summed E-state index contributed by atoms with van der Waals surface area (Å²) in [6.45, 7) is 7.75. The number of hydrogen-bond donors (Lipinski definition) is 2. The molecule has 6 heteroatoms. The Morgan fingerprint density at radius 3 is 2.52 bits per heavy atom. The van der Waals surface area contributed by atoms with E-state index in [2.05, 4.69) is 52.6 Å². The van der Waals surface area contributed by atoms with Crippen molar-refractivity contribution < 1.29 is 4.74 Å². The smallest absolute Gasteiger partial charge is 0.191 e. The molecule has 3 rings (SSSR count). The third kappa shape index (κ3) is 6.24. The molecule has 1 saturated heterocycles. The van der Waals surface area contributed by atoms with Gasteiger partial charge in [0.25, 0.3) is 0 Å². The van der Waals surface area contributed by atoms with Crippen molar-refractivity contribution in [2.75, 3.05) is 33.8 Å². The first-order valence-electron chi connectivity index (χ1n) is 9.87. The zero-order valence-electron chi connectivity index (χ0n) is 17.1. The third-order valence-electron chi connectivity index (χ3n) is 5.71. The largest absolute Gasteiger partial charge is 0.497 e. The molecule has 1 aromatic carbocycles. The maximum atomic E-state index is 5.37. The number of benzene rings is 1. The second-order valence-electron chi connectivity index (χ2n) is 8.23. The van der Waals surface area contributed by atoms with Crippen LogP contribution in [0.4, 0.5) is 0 Å². The SMILES string of the molecule is CN=C(NCC(C)(C)c1cccc(OC)c1)NC1CCN(C2CC2)CC1.I. The summed E-state index contributed by atoms with van der Waals surface area (Å²) in [4.78, 5) is 7.09. The van der Waals surface area contributed by atoms with Gasteiger partial charge in [-0.05, 0) is 43.4 Å². The Bertz CT molecular complexity index is 622. The van der Waals surface area contributed by atoms with Gasteiger partial charge in [-0.25, -0.2) is 0 Å². The van der Waals surface area contributed by atoms with Gasteiger partial charge in [-0.3, -0.25) is 4.99 Å². The molecule has 2 N–H and O–H groups in total. The Hall–Kier alpha value is -1.02. The van der Waals surface area contributed by atoms with Gasteiger partial charge in [0.2, 0.25) is 0 Å². The van der Waals surface area contributed by atoms with Crippen molar-refractivity contribution in [2.45, 2.75) is 57.0 Å². The molecule has 1 aliphatic carbocycles. The van der Waals surface area contributed by atoms with E-state index in [9.17, 15) is 0 Å². The number of aliphatic imine (C=N–C) groups is 1. The molecule has 0 aromatic heterocycles. The van der Waals surface area contributed by atoms with Crippen LogP contribution in [0, 0.1) is 0 Å². The van der Waals surface area contributed by atoms with Gasteiger partial charge >= 0.3 is 0 Å². The van der Waals surface area contributed by atoms with Crippen molar-refractivity contribution in [3.8, 4) is 5.75 Å². The summed E-state index contributed by atoms with van der Waals surface area (Å²) in [5.74, 6) is 1.81. The average molecular weight is 486 g/mol. The van der Waals surface area contributed by atoms with Crippen LogP contribution in [-0.4, -0.2) is 56.7 Å². The minimum absolute atomic E-state index is 0. The van der Waals surface area contributed by atoms with E-state index in [4.69, 9.17) is 4.74 Å². The fourth-order valence-corrected chi connectivity index (χ4v) is 3.69. The molecule has 1 aliphatic heterocycles. The maximum absolute atomic E-state index is 5.37. The lowest BCUT2D eigenvalue weighted by Crippen LogP contribution is -2.50. The highest BCUT2D eigenvalue weighted by Crippen LogP contribution is 2.29. The van der Waals surface area contributed by atoms with Crippen LogP contribution in [0.1, 0.15) is 45.1 Å². The van der Waals surface area contributed by atoms with Gasteiger partial charge in [0, 0.05) is 44.2 Å². The van der Waals surface area contributed by atoms with Crippen molar-refractivity contribution in [3.63, 3.8) is 0 Å². The van der Waals surface area contributed by atoms with Crippen LogP contribution in [0.2, 0.25) is 0 Å². The van der Waals surface area contributed by atoms with Crippen molar-refractivity contribution >= 4 is 29.9 Å². The van der Waals surface area contributed by atoms with Crippen molar-refractivity contribution in [1.29, 1.82) is 0 Å². The Morgan fingerprint density at radius 1 is 1.22 bits per heavy atom. The highest BCUT2D eigenvalue weighted by atomic mass is 127. The molecule has 0 spiro atoms. The summed E-state index contributed by atoms with van der Waals surface area (Å²) in [5, 5.41) is 7.14. The van der Waals surface area contributed by atoms with Crippen LogP contribution in [0.15, 0.2) is 29.3 Å². The molecule has 27 heavy (non-hydrogen) atoms.